The first-order valence-electron chi connectivity index (χ1n) is 10.5. The minimum Gasteiger partial charge on any atom is -0.493 e. The Hall–Kier alpha value is -3.06. The highest BCUT2D eigenvalue weighted by Gasteiger charge is 2.46. The standard InChI is InChI=1S/C24H29N3O4/c1-26(2)12-10-25-23(28)21-16-7-5-6-8-17(16)24(29)27-11-9-15-13-19(30-3)20(31-4)14-18(15)22(21)27/h5-8,13-14,21-22H,9-12H2,1-4H3,(H,25,28)/t21-,22-/m0/s1. The topological polar surface area (TPSA) is 71.1 Å². The summed E-state index contributed by atoms with van der Waals surface area (Å²) in [5.74, 6) is 0.663. The van der Waals surface area contributed by atoms with Crippen LogP contribution >= 0.6 is 0 Å². The molecule has 4 rings (SSSR count). The predicted molar refractivity (Wildman–Crippen MR) is 118 cm³/mol. The SMILES string of the molecule is COc1cc2c(cc1OC)[C@H]1[C@@H](C(=O)NCCN(C)C)c3ccccc3C(=O)N1CC2. The van der Waals surface area contributed by atoms with E-state index in [2.05, 4.69) is 5.32 Å². The molecular weight excluding hydrogens is 394 g/mol. The lowest BCUT2D eigenvalue weighted by molar-refractivity contribution is -0.124. The van der Waals surface area contributed by atoms with Crippen LogP contribution in [0.5, 0.6) is 11.5 Å². The molecular formula is C24H29N3O4. The Bertz CT molecular complexity index is 1000. The van der Waals surface area contributed by atoms with Gasteiger partial charge in [0, 0.05) is 25.2 Å². The Balaban J connectivity index is 1.81. The zero-order valence-corrected chi connectivity index (χ0v) is 18.5. The van der Waals surface area contributed by atoms with Crippen molar-refractivity contribution in [3.63, 3.8) is 0 Å². The molecule has 0 spiro atoms. The highest BCUT2D eigenvalue weighted by Crippen LogP contribution is 2.48. The average Bonchev–Trinajstić information content (AvgIpc) is 2.77. The van der Waals surface area contributed by atoms with Gasteiger partial charge in [0.25, 0.3) is 5.91 Å². The molecule has 164 valence electrons. The largest absolute Gasteiger partial charge is 0.493 e. The summed E-state index contributed by atoms with van der Waals surface area (Å²) in [6.07, 6.45) is 0.703. The first kappa shape index (κ1) is 21.2. The third kappa shape index (κ3) is 3.74. The zero-order valence-electron chi connectivity index (χ0n) is 18.5. The molecule has 7 heteroatoms. The van der Waals surface area contributed by atoms with Gasteiger partial charge in [-0.1, -0.05) is 18.2 Å². The first-order chi connectivity index (χ1) is 15.0. The molecule has 0 saturated heterocycles. The summed E-state index contributed by atoms with van der Waals surface area (Å²) in [5, 5.41) is 3.08. The minimum absolute atomic E-state index is 0.0293. The Morgan fingerprint density at radius 2 is 1.84 bits per heavy atom. The molecule has 2 amide bonds. The first-order valence-corrected chi connectivity index (χ1v) is 10.5. The van der Waals surface area contributed by atoms with Crippen LogP contribution in [-0.4, -0.2) is 69.6 Å². The molecule has 2 aromatic carbocycles. The highest BCUT2D eigenvalue weighted by atomic mass is 16.5. The van der Waals surface area contributed by atoms with E-state index in [0.717, 1.165) is 23.2 Å². The predicted octanol–water partition coefficient (Wildman–Crippen LogP) is 2.22. The van der Waals surface area contributed by atoms with Crippen molar-refractivity contribution in [3.8, 4) is 11.5 Å². The van der Waals surface area contributed by atoms with Crippen molar-refractivity contribution in [1.29, 1.82) is 0 Å². The Labute approximate surface area is 182 Å². The van der Waals surface area contributed by atoms with Crippen LogP contribution in [-0.2, 0) is 11.2 Å². The van der Waals surface area contributed by atoms with Crippen LogP contribution in [0.4, 0.5) is 0 Å². The number of amides is 2. The molecule has 2 atom stereocenters. The molecule has 2 heterocycles. The molecule has 0 aliphatic carbocycles. The molecule has 0 aromatic heterocycles. The smallest absolute Gasteiger partial charge is 0.254 e. The maximum absolute atomic E-state index is 13.5. The molecule has 1 N–H and O–H groups in total. The number of methoxy groups -OCH3 is 2. The summed E-state index contributed by atoms with van der Waals surface area (Å²) in [6, 6.07) is 11.0. The van der Waals surface area contributed by atoms with Crippen LogP contribution in [0.25, 0.3) is 0 Å². The molecule has 0 saturated carbocycles. The fourth-order valence-corrected chi connectivity index (χ4v) is 4.65. The zero-order chi connectivity index (χ0) is 22.1. The van der Waals surface area contributed by atoms with E-state index in [4.69, 9.17) is 9.47 Å². The van der Waals surface area contributed by atoms with Crippen molar-refractivity contribution in [1.82, 2.24) is 15.1 Å². The van der Waals surface area contributed by atoms with Gasteiger partial charge in [0.15, 0.2) is 11.5 Å². The minimum atomic E-state index is -0.492. The number of rotatable bonds is 6. The molecule has 0 unspecified atom stereocenters. The highest BCUT2D eigenvalue weighted by molar-refractivity contribution is 6.01. The number of fused-ring (bicyclic) bond motifs is 4. The Morgan fingerprint density at radius 3 is 2.55 bits per heavy atom. The summed E-state index contributed by atoms with van der Waals surface area (Å²) < 4.78 is 11.0. The number of likely N-dealkylation sites (N-methyl/N-ethyl adjacent to an activating group) is 1. The van der Waals surface area contributed by atoms with Crippen molar-refractivity contribution in [2.45, 2.75) is 18.4 Å². The molecule has 0 fully saturated rings. The van der Waals surface area contributed by atoms with Crippen LogP contribution in [0, 0.1) is 0 Å². The second-order valence-electron chi connectivity index (χ2n) is 8.26. The Kier molecular flexibility index (Phi) is 5.87. The summed E-state index contributed by atoms with van der Waals surface area (Å²) in [7, 11) is 7.15. The second-order valence-corrected chi connectivity index (χ2v) is 8.26. The van der Waals surface area contributed by atoms with Gasteiger partial charge in [-0.05, 0) is 55.4 Å². The second kappa shape index (κ2) is 8.59. The van der Waals surface area contributed by atoms with Gasteiger partial charge in [0.05, 0.1) is 26.2 Å². The van der Waals surface area contributed by atoms with E-state index in [0.29, 0.717) is 36.6 Å². The summed E-state index contributed by atoms with van der Waals surface area (Å²) in [5.41, 5.74) is 3.41. The van der Waals surface area contributed by atoms with Gasteiger partial charge in [-0.25, -0.2) is 0 Å². The van der Waals surface area contributed by atoms with Crippen molar-refractivity contribution >= 4 is 11.8 Å². The maximum Gasteiger partial charge on any atom is 0.254 e. The third-order valence-corrected chi connectivity index (χ3v) is 6.17. The van der Waals surface area contributed by atoms with E-state index in [9.17, 15) is 9.59 Å². The summed E-state index contributed by atoms with van der Waals surface area (Å²) in [6.45, 7) is 1.85. The average molecular weight is 424 g/mol. The lowest BCUT2D eigenvalue weighted by Crippen LogP contribution is -2.50. The number of nitrogens with one attached hydrogen (secondary N) is 1. The number of ether oxygens (including phenoxy) is 2. The van der Waals surface area contributed by atoms with E-state index >= 15 is 0 Å². The number of nitrogens with zero attached hydrogens (tertiary/aromatic N) is 2. The van der Waals surface area contributed by atoms with Gasteiger partial charge in [0.2, 0.25) is 5.91 Å². The molecule has 0 radical (unpaired) electrons. The number of benzene rings is 2. The van der Waals surface area contributed by atoms with Crippen LogP contribution in [0.1, 0.15) is 39.0 Å². The molecule has 2 aliphatic rings. The van der Waals surface area contributed by atoms with E-state index < -0.39 is 5.92 Å². The van der Waals surface area contributed by atoms with Crippen molar-refractivity contribution in [3.05, 3.63) is 58.7 Å². The third-order valence-electron chi connectivity index (χ3n) is 6.17. The fraction of sp³-hybridized carbons (Fsp3) is 0.417. The summed E-state index contributed by atoms with van der Waals surface area (Å²) in [4.78, 5) is 30.7. The van der Waals surface area contributed by atoms with Gasteiger partial charge >= 0.3 is 0 Å². The number of hydrogen-bond donors (Lipinski definition) is 1. The Morgan fingerprint density at radius 1 is 1.13 bits per heavy atom. The lowest BCUT2D eigenvalue weighted by atomic mass is 9.75. The van der Waals surface area contributed by atoms with E-state index in [1.54, 1.807) is 14.2 Å². The summed E-state index contributed by atoms with van der Waals surface area (Å²) >= 11 is 0. The van der Waals surface area contributed by atoms with Crippen LogP contribution in [0.3, 0.4) is 0 Å². The lowest BCUT2D eigenvalue weighted by Gasteiger charge is -2.45. The van der Waals surface area contributed by atoms with E-state index in [1.807, 2.05) is 60.3 Å². The molecule has 2 aromatic rings. The van der Waals surface area contributed by atoms with Gasteiger partial charge in [0.1, 0.15) is 0 Å². The van der Waals surface area contributed by atoms with Crippen LogP contribution < -0.4 is 14.8 Å². The molecule has 2 aliphatic heterocycles. The molecule has 0 bridgehead atoms. The van der Waals surface area contributed by atoms with Gasteiger partial charge in [-0.15, -0.1) is 0 Å². The number of carbonyl (C=O) groups excluding carboxylic acids is 2. The maximum atomic E-state index is 13.5. The fourth-order valence-electron chi connectivity index (χ4n) is 4.65. The quantitative estimate of drug-likeness (QED) is 0.772. The number of carbonyl (C=O) groups is 2. The molecule has 7 nitrogen and oxygen atoms in total. The monoisotopic (exact) mass is 423 g/mol. The van der Waals surface area contributed by atoms with Gasteiger partial charge in [-0.2, -0.15) is 0 Å². The van der Waals surface area contributed by atoms with Crippen LogP contribution in [0.15, 0.2) is 36.4 Å². The van der Waals surface area contributed by atoms with Crippen molar-refractivity contribution in [2.24, 2.45) is 0 Å². The molecule has 31 heavy (non-hydrogen) atoms. The van der Waals surface area contributed by atoms with E-state index in [-0.39, 0.29) is 17.9 Å². The van der Waals surface area contributed by atoms with Crippen LogP contribution in [0.2, 0.25) is 0 Å². The van der Waals surface area contributed by atoms with Crippen molar-refractivity contribution in [2.75, 3.05) is 47.9 Å². The van der Waals surface area contributed by atoms with E-state index in [1.165, 1.54) is 0 Å². The van der Waals surface area contributed by atoms with Gasteiger partial charge in [-0.3, -0.25) is 9.59 Å². The normalized spacial score (nSPS) is 19.4. The van der Waals surface area contributed by atoms with Crippen molar-refractivity contribution < 1.29 is 19.1 Å². The van der Waals surface area contributed by atoms with Gasteiger partial charge < -0.3 is 24.6 Å². The number of hydrogen-bond acceptors (Lipinski definition) is 5.